The van der Waals surface area contributed by atoms with E-state index < -0.39 is 0 Å². The number of ether oxygens (including phenoxy) is 2. The Morgan fingerprint density at radius 2 is 1.79 bits per heavy atom. The van der Waals surface area contributed by atoms with Gasteiger partial charge in [-0.3, -0.25) is 4.98 Å². The average molecular weight is 372 g/mol. The summed E-state index contributed by atoms with van der Waals surface area (Å²) < 4.78 is 10.6. The van der Waals surface area contributed by atoms with Gasteiger partial charge in [0.25, 0.3) is 0 Å². The van der Waals surface area contributed by atoms with E-state index in [1.54, 1.807) is 14.2 Å². The van der Waals surface area contributed by atoms with Crippen molar-refractivity contribution >= 4 is 28.1 Å². The number of hydrogen-bond acceptors (Lipinski definition) is 6. The van der Waals surface area contributed by atoms with Crippen molar-refractivity contribution in [1.29, 1.82) is 0 Å². The molecule has 3 heterocycles. The first-order chi connectivity index (χ1) is 13.6. The maximum Gasteiger partial charge on any atom is 0.131 e. The van der Waals surface area contributed by atoms with Gasteiger partial charge in [0.2, 0.25) is 0 Å². The summed E-state index contributed by atoms with van der Waals surface area (Å²) in [7, 11) is 5.22. The van der Waals surface area contributed by atoms with Gasteiger partial charge in [-0.1, -0.05) is 0 Å². The maximum absolute atomic E-state index is 5.32. The quantitative estimate of drug-likeness (QED) is 0.672. The number of nitrogens with zero attached hydrogens (tertiary/aromatic N) is 3. The molecule has 6 heteroatoms. The molecule has 140 valence electrons. The molecular formula is C22H20N4O2. The Bertz CT molecular complexity index is 1110. The normalized spacial score (nSPS) is 12.8. The number of aromatic nitrogens is 2. The van der Waals surface area contributed by atoms with Crippen molar-refractivity contribution in [3.63, 3.8) is 0 Å². The lowest BCUT2D eigenvalue weighted by molar-refractivity contribution is 0.395. The molecule has 0 saturated heterocycles. The molecule has 0 fully saturated rings. The number of pyridine rings is 2. The highest BCUT2D eigenvalue weighted by Crippen LogP contribution is 2.28. The van der Waals surface area contributed by atoms with E-state index in [-0.39, 0.29) is 0 Å². The predicted molar refractivity (Wildman–Crippen MR) is 111 cm³/mol. The van der Waals surface area contributed by atoms with Crippen LogP contribution in [0.2, 0.25) is 0 Å². The third-order valence-corrected chi connectivity index (χ3v) is 4.35. The molecule has 2 aromatic heterocycles. The highest BCUT2D eigenvalue weighted by Gasteiger charge is 2.08. The van der Waals surface area contributed by atoms with Gasteiger partial charge in [-0.25, -0.2) is 4.98 Å². The largest absolute Gasteiger partial charge is 0.497 e. The zero-order valence-electron chi connectivity index (χ0n) is 15.9. The van der Waals surface area contributed by atoms with Crippen molar-refractivity contribution in [2.24, 2.45) is 0 Å². The average Bonchev–Trinajstić information content (AvgIpc) is 2.73. The third-order valence-electron chi connectivity index (χ3n) is 4.35. The lowest BCUT2D eigenvalue weighted by atomic mass is 10.1. The molecular weight excluding hydrogens is 352 g/mol. The highest BCUT2D eigenvalue weighted by molar-refractivity contribution is 5.83. The summed E-state index contributed by atoms with van der Waals surface area (Å²) >= 11 is 0. The number of benzene rings is 1. The van der Waals surface area contributed by atoms with Crippen LogP contribution in [0.3, 0.4) is 0 Å². The van der Waals surface area contributed by atoms with Crippen LogP contribution in [0.25, 0.3) is 16.6 Å². The Morgan fingerprint density at radius 3 is 2.50 bits per heavy atom. The van der Waals surface area contributed by atoms with Crippen LogP contribution >= 0.6 is 0 Å². The number of methoxy groups -OCH3 is 2. The molecule has 0 saturated carbocycles. The van der Waals surface area contributed by atoms with Crippen molar-refractivity contribution in [1.82, 2.24) is 14.9 Å². The van der Waals surface area contributed by atoms with E-state index in [4.69, 9.17) is 14.5 Å². The first kappa shape index (κ1) is 17.6. The van der Waals surface area contributed by atoms with Gasteiger partial charge in [0.05, 0.1) is 25.3 Å². The summed E-state index contributed by atoms with van der Waals surface area (Å²) in [6, 6.07) is 11.5. The van der Waals surface area contributed by atoms with Gasteiger partial charge in [0, 0.05) is 60.7 Å². The number of nitrogens with one attached hydrogen (secondary N) is 1. The number of rotatable bonds is 5. The molecule has 0 amide bonds. The molecule has 0 radical (unpaired) electrons. The summed E-state index contributed by atoms with van der Waals surface area (Å²) in [5.41, 5.74) is 7.63. The maximum atomic E-state index is 5.32. The smallest absolute Gasteiger partial charge is 0.131 e. The highest BCUT2D eigenvalue weighted by atomic mass is 16.5. The van der Waals surface area contributed by atoms with Crippen LogP contribution in [0.15, 0.2) is 66.8 Å². The van der Waals surface area contributed by atoms with E-state index in [9.17, 15) is 0 Å². The molecule has 0 atom stereocenters. The number of fused-ring (bicyclic) bond motifs is 1. The molecule has 6 nitrogen and oxygen atoms in total. The van der Waals surface area contributed by atoms with E-state index in [1.807, 2.05) is 73.0 Å². The zero-order valence-corrected chi connectivity index (χ0v) is 15.9. The second-order valence-electron chi connectivity index (χ2n) is 6.38. The molecule has 1 aliphatic heterocycles. The van der Waals surface area contributed by atoms with Gasteiger partial charge >= 0.3 is 0 Å². The Labute approximate surface area is 163 Å². The second-order valence-corrected chi connectivity index (χ2v) is 6.38. The summed E-state index contributed by atoms with van der Waals surface area (Å²) in [4.78, 5) is 11.2. The molecule has 0 bridgehead atoms. The van der Waals surface area contributed by atoms with Crippen molar-refractivity contribution < 1.29 is 9.47 Å². The van der Waals surface area contributed by atoms with Crippen molar-refractivity contribution in [2.75, 3.05) is 26.6 Å². The Kier molecular flexibility index (Phi) is 4.70. The van der Waals surface area contributed by atoms with E-state index in [0.29, 0.717) is 17.3 Å². The lowest BCUT2D eigenvalue weighted by Crippen LogP contribution is -2.03. The summed E-state index contributed by atoms with van der Waals surface area (Å²) in [5, 5.41) is 3.30. The van der Waals surface area contributed by atoms with Crippen LogP contribution in [0.5, 0.6) is 11.5 Å². The Balaban J connectivity index is 1.68. The van der Waals surface area contributed by atoms with Gasteiger partial charge in [0.15, 0.2) is 0 Å². The van der Waals surface area contributed by atoms with Crippen LogP contribution < -0.4 is 14.8 Å². The van der Waals surface area contributed by atoms with Gasteiger partial charge in [-0.2, -0.15) is 0 Å². The van der Waals surface area contributed by atoms with Crippen molar-refractivity contribution in [3.8, 4) is 11.5 Å². The van der Waals surface area contributed by atoms with Crippen molar-refractivity contribution in [3.05, 3.63) is 72.4 Å². The fourth-order valence-corrected chi connectivity index (χ4v) is 2.96. The lowest BCUT2D eigenvalue weighted by Gasteiger charge is -2.13. The van der Waals surface area contributed by atoms with Crippen LogP contribution in [-0.2, 0) is 0 Å². The fraction of sp³-hybridized carbons (Fsp3) is 0.136. The van der Waals surface area contributed by atoms with Gasteiger partial charge in [-0.05, 0) is 24.3 Å². The fourth-order valence-electron chi connectivity index (χ4n) is 2.96. The molecule has 4 rings (SSSR count). The molecule has 28 heavy (non-hydrogen) atoms. The van der Waals surface area contributed by atoms with Gasteiger partial charge in [0.1, 0.15) is 17.3 Å². The monoisotopic (exact) mass is 372 g/mol. The zero-order chi connectivity index (χ0) is 19.5. The van der Waals surface area contributed by atoms with Gasteiger partial charge in [-0.15, -0.1) is 5.73 Å². The molecule has 3 aromatic rings. The molecule has 1 aromatic carbocycles. The predicted octanol–water partition coefficient (Wildman–Crippen LogP) is 4.35. The van der Waals surface area contributed by atoms with Crippen LogP contribution in [0.4, 0.5) is 11.5 Å². The van der Waals surface area contributed by atoms with E-state index >= 15 is 0 Å². The first-order valence-corrected chi connectivity index (χ1v) is 8.78. The number of allylic oxidation sites excluding steroid dienone is 2. The molecule has 0 aliphatic carbocycles. The van der Waals surface area contributed by atoms with E-state index in [0.717, 1.165) is 27.9 Å². The summed E-state index contributed by atoms with van der Waals surface area (Å²) in [6.07, 6.45) is 7.70. The number of hydrogen-bond donors (Lipinski definition) is 1. The SMILES string of the molecule is COc1cc(Nc2ccc3ncc(C4=CN(C)C=C=C4)cc3n2)cc(OC)c1. The minimum atomic E-state index is 0.708. The van der Waals surface area contributed by atoms with Gasteiger partial charge < -0.3 is 19.7 Å². The molecule has 0 spiro atoms. The minimum Gasteiger partial charge on any atom is -0.497 e. The molecule has 1 aliphatic rings. The van der Waals surface area contributed by atoms with Crippen molar-refractivity contribution in [2.45, 2.75) is 0 Å². The standard InChI is InChI=1S/C22H20N4O2/c1-26-8-4-5-15(14-26)16-9-21-20(23-13-16)6-7-22(25-21)24-17-10-18(27-2)12-19(11-17)28-3/h5-14H,1-3H3,(H,24,25). The van der Waals surface area contributed by atoms with Crippen LogP contribution in [0.1, 0.15) is 5.56 Å². The van der Waals surface area contributed by atoms with E-state index in [2.05, 4.69) is 16.0 Å². The Hall–Kier alpha value is -3.76. The van der Waals surface area contributed by atoms with E-state index in [1.165, 1.54) is 0 Å². The first-order valence-electron chi connectivity index (χ1n) is 8.78. The minimum absolute atomic E-state index is 0.708. The molecule has 1 N–H and O–H groups in total. The summed E-state index contributed by atoms with van der Waals surface area (Å²) in [5.74, 6) is 2.13. The molecule has 0 unspecified atom stereocenters. The second kappa shape index (κ2) is 7.47. The Morgan fingerprint density at radius 1 is 1.00 bits per heavy atom. The third kappa shape index (κ3) is 3.68. The number of anilines is 2. The van der Waals surface area contributed by atoms with Crippen LogP contribution in [0, 0.1) is 0 Å². The van der Waals surface area contributed by atoms with Crippen LogP contribution in [-0.4, -0.2) is 36.1 Å². The summed E-state index contributed by atoms with van der Waals surface area (Å²) in [6.45, 7) is 0. The topological polar surface area (TPSA) is 59.5 Å².